The van der Waals surface area contributed by atoms with Gasteiger partial charge in [0.2, 0.25) is 0 Å². The largest absolute Gasteiger partial charge is 0.506 e. The molecule has 1 rings (SSSR count). The average Bonchev–Trinajstić information content (AvgIpc) is 2.10. The third-order valence-electron chi connectivity index (χ3n) is 1.46. The zero-order chi connectivity index (χ0) is 10.0. The quantitative estimate of drug-likeness (QED) is 0.668. The molecular weight excluding hydrogens is 279 g/mol. The Kier molecular flexibility index (Phi) is 3.59. The van der Waals surface area contributed by atoms with Crippen LogP contribution in [0.25, 0.3) is 0 Å². The van der Waals surface area contributed by atoms with E-state index in [1.807, 2.05) is 0 Å². The molecule has 0 aromatic heterocycles. The number of benzene rings is 1. The molecule has 0 bridgehead atoms. The third-order valence-corrected chi connectivity index (χ3v) is 2.58. The fraction of sp³-hybridized carbons (Fsp3) is 0.125. The summed E-state index contributed by atoms with van der Waals surface area (Å²) < 4.78 is 0. The minimum atomic E-state index is -0.197. The highest BCUT2D eigenvalue weighted by Gasteiger charge is 2.12. The summed E-state index contributed by atoms with van der Waals surface area (Å²) >= 11 is 14.3. The lowest BCUT2D eigenvalue weighted by Gasteiger charge is -2.03. The molecule has 0 unspecified atom stereocenters. The van der Waals surface area contributed by atoms with Gasteiger partial charge in [-0.15, -0.1) is 0 Å². The number of rotatable bonds is 2. The SMILES string of the molecule is O=C(CBr)c1cc(O)c(Cl)cc1Cl. The Morgan fingerprint density at radius 2 is 2.00 bits per heavy atom. The van der Waals surface area contributed by atoms with Crippen molar-refractivity contribution in [1.29, 1.82) is 0 Å². The molecule has 0 saturated heterocycles. The maximum Gasteiger partial charge on any atom is 0.175 e. The van der Waals surface area contributed by atoms with Crippen molar-refractivity contribution in [2.24, 2.45) is 0 Å². The van der Waals surface area contributed by atoms with Crippen LogP contribution in [0.5, 0.6) is 5.75 Å². The van der Waals surface area contributed by atoms with Crippen molar-refractivity contribution < 1.29 is 9.90 Å². The summed E-state index contributed by atoms with van der Waals surface area (Å²) in [6.07, 6.45) is 0. The molecule has 2 nitrogen and oxygen atoms in total. The number of carbonyl (C=O) groups is 1. The topological polar surface area (TPSA) is 37.3 Å². The third kappa shape index (κ3) is 2.36. The van der Waals surface area contributed by atoms with Crippen LogP contribution in [0, 0.1) is 0 Å². The Labute approximate surface area is 93.6 Å². The second kappa shape index (κ2) is 4.31. The van der Waals surface area contributed by atoms with Crippen molar-refractivity contribution in [3.05, 3.63) is 27.7 Å². The van der Waals surface area contributed by atoms with Gasteiger partial charge in [-0.1, -0.05) is 39.1 Å². The molecule has 0 fully saturated rings. The maximum absolute atomic E-state index is 11.2. The van der Waals surface area contributed by atoms with Crippen molar-refractivity contribution >= 4 is 44.9 Å². The fourth-order valence-corrected chi connectivity index (χ4v) is 1.61. The van der Waals surface area contributed by atoms with Crippen LogP contribution in [0.3, 0.4) is 0 Å². The van der Waals surface area contributed by atoms with Crippen molar-refractivity contribution in [3.63, 3.8) is 0 Å². The summed E-state index contributed by atoms with van der Waals surface area (Å²) in [5.41, 5.74) is 0.264. The molecule has 0 atom stereocenters. The van der Waals surface area contributed by atoms with Crippen LogP contribution >= 0.6 is 39.1 Å². The molecule has 70 valence electrons. The van der Waals surface area contributed by atoms with E-state index < -0.39 is 0 Å². The van der Waals surface area contributed by atoms with Gasteiger partial charge in [0.05, 0.1) is 15.4 Å². The van der Waals surface area contributed by atoms with Gasteiger partial charge >= 0.3 is 0 Å². The van der Waals surface area contributed by atoms with Crippen LogP contribution in [-0.2, 0) is 0 Å². The zero-order valence-corrected chi connectivity index (χ0v) is 9.45. The van der Waals surface area contributed by atoms with Gasteiger partial charge in [0.1, 0.15) is 5.75 Å². The number of alkyl halides is 1. The number of carbonyl (C=O) groups excluding carboxylic acids is 1. The number of hydrogen-bond acceptors (Lipinski definition) is 2. The van der Waals surface area contributed by atoms with E-state index in [1.165, 1.54) is 12.1 Å². The Hall–Kier alpha value is -0.250. The molecule has 1 aromatic carbocycles. The lowest BCUT2D eigenvalue weighted by molar-refractivity contribution is 0.102. The molecule has 1 N–H and O–H groups in total. The van der Waals surface area contributed by atoms with E-state index in [9.17, 15) is 9.90 Å². The first kappa shape index (κ1) is 10.8. The molecule has 0 aliphatic rings. The first-order valence-electron chi connectivity index (χ1n) is 3.33. The first-order valence-corrected chi connectivity index (χ1v) is 5.21. The van der Waals surface area contributed by atoms with Gasteiger partial charge in [-0.3, -0.25) is 4.79 Å². The zero-order valence-electron chi connectivity index (χ0n) is 6.35. The predicted molar refractivity (Wildman–Crippen MR) is 56.3 cm³/mol. The van der Waals surface area contributed by atoms with Crippen LogP contribution in [0.4, 0.5) is 0 Å². The van der Waals surface area contributed by atoms with Crippen LogP contribution < -0.4 is 0 Å². The average molecular weight is 284 g/mol. The van der Waals surface area contributed by atoms with Gasteiger partial charge in [0, 0.05) is 5.56 Å². The molecule has 5 heteroatoms. The van der Waals surface area contributed by atoms with E-state index in [0.29, 0.717) is 0 Å². The molecule has 0 aliphatic carbocycles. The molecule has 0 heterocycles. The number of hydrogen-bond donors (Lipinski definition) is 1. The number of halogens is 3. The summed E-state index contributed by atoms with van der Waals surface area (Å²) in [6.45, 7) is 0. The Bertz CT molecular complexity index is 352. The number of phenolic OH excluding ortho intramolecular Hbond substituents is 1. The highest BCUT2D eigenvalue weighted by molar-refractivity contribution is 9.09. The standard InChI is InChI=1S/C8H5BrCl2O2/c9-3-8(13)4-1-7(12)6(11)2-5(4)10/h1-2,12H,3H2. The number of phenols is 1. The lowest BCUT2D eigenvalue weighted by Crippen LogP contribution is -2.00. The minimum Gasteiger partial charge on any atom is -0.506 e. The van der Waals surface area contributed by atoms with Crippen molar-refractivity contribution in [3.8, 4) is 5.75 Å². The van der Waals surface area contributed by atoms with Gasteiger partial charge in [-0.05, 0) is 12.1 Å². The molecule has 1 aromatic rings. The molecule has 0 spiro atoms. The van der Waals surface area contributed by atoms with E-state index >= 15 is 0 Å². The summed E-state index contributed by atoms with van der Waals surface area (Å²) in [5, 5.41) is 9.75. The molecule has 13 heavy (non-hydrogen) atoms. The second-order valence-corrected chi connectivity index (χ2v) is 3.72. The van der Waals surface area contributed by atoms with Gasteiger partial charge in [0.15, 0.2) is 5.78 Å². The highest BCUT2D eigenvalue weighted by atomic mass is 79.9. The fourth-order valence-electron chi connectivity index (χ4n) is 0.823. The summed E-state index contributed by atoms with van der Waals surface area (Å²) in [6, 6.07) is 2.60. The number of ketones is 1. The second-order valence-electron chi connectivity index (χ2n) is 2.34. The smallest absolute Gasteiger partial charge is 0.175 e. The van der Waals surface area contributed by atoms with Gasteiger partial charge < -0.3 is 5.11 Å². The minimum absolute atomic E-state index is 0.135. The van der Waals surface area contributed by atoms with E-state index in [1.54, 1.807) is 0 Å². The normalized spacial score (nSPS) is 10.1. The van der Waals surface area contributed by atoms with Crippen LogP contribution in [-0.4, -0.2) is 16.2 Å². The summed E-state index contributed by atoms with van der Waals surface area (Å²) in [5.74, 6) is -0.340. The Balaban J connectivity index is 3.23. The highest BCUT2D eigenvalue weighted by Crippen LogP contribution is 2.30. The van der Waals surface area contributed by atoms with E-state index in [-0.39, 0.29) is 32.5 Å². The Morgan fingerprint density at radius 3 is 2.54 bits per heavy atom. The molecule has 0 aliphatic heterocycles. The molecular formula is C8H5BrCl2O2. The first-order chi connectivity index (χ1) is 6.06. The van der Waals surface area contributed by atoms with Crippen molar-refractivity contribution in [2.45, 2.75) is 0 Å². The van der Waals surface area contributed by atoms with Crippen LogP contribution in [0.2, 0.25) is 10.0 Å². The van der Waals surface area contributed by atoms with Gasteiger partial charge in [0.25, 0.3) is 0 Å². The molecule has 0 saturated carbocycles. The van der Waals surface area contributed by atoms with Gasteiger partial charge in [-0.2, -0.15) is 0 Å². The number of aromatic hydroxyl groups is 1. The van der Waals surface area contributed by atoms with Crippen molar-refractivity contribution in [1.82, 2.24) is 0 Å². The van der Waals surface area contributed by atoms with E-state index in [0.717, 1.165) is 0 Å². The number of Topliss-reactive ketones (excluding diaryl/α,β-unsaturated/α-hetero) is 1. The predicted octanol–water partition coefficient (Wildman–Crippen LogP) is 3.28. The lowest BCUT2D eigenvalue weighted by atomic mass is 10.1. The van der Waals surface area contributed by atoms with Crippen LogP contribution in [0.1, 0.15) is 10.4 Å². The molecule has 0 radical (unpaired) electrons. The van der Waals surface area contributed by atoms with Crippen LogP contribution in [0.15, 0.2) is 12.1 Å². The molecule has 0 amide bonds. The Morgan fingerprint density at radius 1 is 1.38 bits per heavy atom. The maximum atomic E-state index is 11.2. The monoisotopic (exact) mass is 282 g/mol. The summed E-state index contributed by atoms with van der Waals surface area (Å²) in [7, 11) is 0. The van der Waals surface area contributed by atoms with E-state index in [4.69, 9.17) is 23.2 Å². The van der Waals surface area contributed by atoms with E-state index in [2.05, 4.69) is 15.9 Å². The van der Waals surface area contributed by atoms with Crippen molar-refractivity contribution in [2.75, 3.05) is 5.33 Å². The van der Waals surface area contributed by atoms with Gasteiger partial charge in [-0.25, -0.2) is 0 Å². The summed E-state index contributed by atoms with van der Waals surface area (Å²) in [4.78, 5) is 11.2.